The van der Waals surface area contributed by atoms with Gasteiger partial charge in [0.2, 0.25) is 0 Å². The van der Waals surface area contributed by atoms with Crippen LogP contribution >= 0.6 is 0 Å². The Morgan fingerprint density at radius 1 is 1.19 bits per heavy atom. The minimum Gasteiger partial charge on any atom is -0.363 e. The number of fused-ring (bicyclic) bond motifs is 2. The van der Waals surface area contributed by atoms with Crippen LogP contribution < -0.4 is 10.2 Å². The quantitative estimate of drug-likeness (QED) is 0.907. The van der Waals surface area contributed by atoms with E-state index in [0.29, 0.717) is 23.8 Å². The Bertz CT molecular complexity index is 478. The Balaban J connectivity index is 1.82. The largest absolute Gasteiger partial charge is 0.363 e. The van der Waals surface area contributed by atoms with Gasteiger partial charge in [-0.3, -0.25) is 0 Å². The maximum atomic E-state index is 14.2. The van der Waals surface area contributed by atoms with E-state index >= 15 is 0 Å². The fourth-order valence-electron chi connectivity index (χ4n) is 3.98. The molecule has 2 aliphatic rings. The Morgan fingerprint density at radius 3 is 2.57 bits per heavy atom. The van der Waals surface area contributed by atoms with Gasteiger partial charge in [0.1, 0.15) is 0 Å². The van der Waals surface area contributed by atoms with Crippen LogP contribution in [0.3, 0.4) is 0 Å². The van der Waals surface area contributed by atoms with Crippen molar-refractivity contribution < 1.29 is 8.78 Å². The van der Waals surface area contributed by atoms with E-state index in [-0.39, 0.29) is 0 Å². The zero-order valence-corrected chi connectivity index (χ0v) is 12.6. The monoisotopic (exact) mass is 294 g/mol. The summed E-state index contributed by atoms with van der Waals surface area (Å²) in [6.07, 6.45) is 6.56. The van der Waals surface area contributed by atoms with E-state index in [9.17, 15) is 8.78 Å². The van der Waals surface area contributed by atoms with Crippen LogP contribution in [0.5, 0.6) is 0 Å². The number of nitrogens with one attached hydrogen (secondary N) is 1. The Labute approximate surface area is 125 Å². The van der Waals surface area contributed by atoms with Gasteiger partial charge in [-0.25, -0.2) is 8.78 Å². The maximum Gasteiger partial charge on any atom is 0.182 e. The molecule has 0 aliphatic carbocycles. The molecule has 2 unspecified atom stereocenters. The molecule has 2 fully saturated rings. The number of hydrogen-bond acceptors (Lipinski definition) is 2. The zero-order chi connectivity index (χ0) is 14.8. The van der Waals surface area contributed by atoms with E-state index in [4.69, 9.17) is 0 Å². The average molecular weight is 294 g/mol. The molecule has 2 heterocycles. The summed E-state index contributed by atoms with van der Waals surface area (Å²) in [5.41, 5.74) is 0.457. The van der Waals surface area contributed by atoms with E-state index in [0.717, 1.165) is 38.6 Å². The smallest absolute Gasteiger partial charge is 0.182 e. The summed E-state index contributed by atoms with van der Waals surface area (Å²) in [4.78, 5) is 2.16. The van der Waals surface area contributed by atoms with Gasteiger partial charge >= 0.3 is 0 Å². The number of anilines is 1. The lowest BCUT2D eigenvalue weighted by Gasteiger charge is -2.50. The van der Waals surface area contributed by atoms with Crippen LogP contribution in [-0.4, -0.2) is 24.7 Å². The van der Waals surface area contributed by atoms with Crippen LogP contribution in [0.2, 0.25) is 0 Å². The normalized spacial score (nSPS) is 28.7. The molecule has 2 atom stereocenters. The topological polar surface area (TPSA) is 15.3 Å². The molecule has 0 saturated carbocycles. The van der Waals surface area contributed by atoms with Crippen LogP contribution in [0.25, 0.3) is 0 Å². The molecule has 116 valence electrons. The summed E-state index contributed by atoms with van der Waals surface area (Å²) in [6.45, 7) is 3.21. The standard InChI is InChI=1S/C17H24F2N2/c1-2-9-20-12-10-13-5-3-6-14(11-12)21(13)16-8-4-7-15(18)17(16)19/h4,7-8,12-14,20H,2-3,5-6,9-11H2,1H3. The molecule has 0 radical (unpaired) electrons. The van der Waals surface area contributed by atoms with E-state index in [1.165, 1.54) is 12.5 Å². The Hall–Kier alpha value is -1.16. The molecule has 0 spiro atoms. The Kier molecular flexibility index (Phi) is 4.43. The minimum atomic E-state index is -0.739. The van der Waals surface area contributed by atoms with Crippen molar-refractivity contribution in [1.82, 2.24) is 5.32 Å². The summed E-state index contributed by atoms with van der Waals surface area (Å²) in [7, 11) is 0. The van der Waals surface area contributed by atoms with Crippen molar-refractivity contribution in [3.8, 4) is 0 Å². The fraction of sp³-hybridized carbons (Fsp3) is 0.647. The highest BCUT2D eigenvalue weighted by Crippen LogP contribution is 2.39. The van der Waals surface area contributed by atoms with E-state index in [1.54, 1.807) is 12.1 Å². The van der Waals surface area contributed by atoms with E-state index < -0.39 is 11.6 Å². The first-order valence-electron chi connectivity index (χ1n) is 8.16. The van der Waals surface area contributed by atoms with Gasteiger partial charge in [0.05, 0.1) is 5.69 Å². The molecule has 2 bridgehead atoms. The summed E-state index contributed by atoms with van der Waals surface area (Å²) >= 11 is 0. The first kappa shape index (κ1) is 14.8. The highest BCUT2D eigenvalue weighted by atomic mass is 19.2. The van der Waals surface area contributed by atoms with Crippen LogP contribution in [0.15, 0.2) is 18.2 Å². The summed E-state index contributed by atoms with van der Waals surface area (Å²) in [5.74, 6) is -1.42. The molecule has 1 aromatic carbocycles. The highest BCUT2D eigenvalue weighted by molar-refractivity contribution is 5.51. The predicted octanol–water partition coefficient (Wildman–Crippen LogP) is 3.85. The second-order valence-corrected chi connectivity index (χ2v) is 6.34. The lowest BCUT2D eigenvalue weighted by Crippen LogP contribution is -2.56. The third-order valence-corrected chi connectivity index (χ3v) is 4.87. The second-order valence-electron chi connectivity index (χ2n) is 6.34. The molecule has 3 rings (SSSR count). The first-order valence-corrected chi connectivity index (χ1v) is 8.16. The van der Waals surface area contributed by atoms with Crippen molar-refractivity contribution in [2.75, 3.05) is 11.4 Å². The molecular weight excluding hydrogens is 270 g/mol. The van der Waals surface area contributed by atoms with Crippen molar-refractivity contribution in [3.63, 3.8) is 0 Å². The minimum absolute atomic E-state index is 0.336. The van der Waals surface area contributed by atoms with E-state index in [2.05, 4.69) is 17.1 Å². The first-order chi connectivity index (χ1) is 10.2. The molecule has 2 saturated heterocycles. The fourth-order valence-corrected chi connectivity index (χ4v) is 3.98. The molecular formula is C17H24F2N2. The number of piperidine rings is 2. The average Bonchev–Trinajstić information content (AvgIpc) is 2.47. The van der Waals surface area contributed by atoms with Crippen molar-refractivity contribution in [3.05, 3.63) is 29.8 Å². The van der Waals surface area contributed by atoms with E-state index in [1.807, 2.05) is 0 Å². The molecule has 4 heteroatoms. The summed E-state index contributed by atoms with van der Waals surface area (Å²) < 4.78 is 27.7. The lowest BCUT2D eigenvalue weighted by atomic mass is 9.81. The molecule has 0 aromatic heterocycles. The van der Waals surface area contributed by atoms with Crippen LogP contribution in [0.1, 0.15) is 45.4 Å². The van der Waals surface area contributed by atoms with Gasteiger partial charge in [0, 0.05) is 18.1 Å². The van der Waals surface area contributed by atoms with Crippen LogP contribution in [0.4, 0.5) is 14.5 Å². The number of hydrogen-bond donors (Lipinski definition) is 1. The second kappa shape index (κ2) is 6.30. The Morgan fingerprint density at radius 2 is 1.90 bits per heavy atom. The van der Waals surface area contributed by atoms with Gasteiger partial charge in [-0.05, 0) is 57.2 Å². The molecule has 2 nitrogen and oxygen atoms in total. The molecule has 1 aromatic rings. The van der Waals surface area contributed by atoms with Crippen LogP contribution in [0, 0.1) is 11.6 Å². The third kappa shape index (κ3) is 2.91. The molecule has 1 N–H and O–H groups in total. The predicted molar refractivity (Wildman–Crippen MR) is 81.6 cm³/mol. The summed E-state index contributed by atoms with van der Waals surface area (Å²) in [6, 6.07) is 5.73. The van der Waals surface area contributed by atoms with Gasteiger partial charge < -0.3 is 10.2 Å². The van der Waals surface area contributed by atoms with Crippen molar-refractivity contribution in [2.45, 2.75) is 63.6 Å². The lowest BCUT2D eigenvalue weighted by molar-refractivity contribution is 0.243. The number of nitrogens with zero attached hydrogens (tertiary/aromatic N) is 1. The SMILES string of the molecule is CCCNC1CC2CCCC(C1)N2c1cccc(F)c1F. The number of halogens is 2. The highest BCUT2D eigenvalue weighted by Gasteiger charge is 2.39. The van der Waals surface area contributed by atoms with Gasteiger partial charge in [0.15, 0.2) is 11.6 Å². The van der Waals surface area contributed by atoms with Gasteiger partial charge in [-0.15, -0.1) is 0 Å². The summed E-state index contributed by atoms with van der Waals surface area (Å²) in [5, 5.41) is 3.60. The third-order valence-electron chi connectivity index (χ3n) is 4.87. The number of rotatable bonds is 4. The van der Waals surface area contributed by atoms with Gasteiger partial charge in [-0.1, -0.05) is 13.0 Å². The van der Waals surface area contributed by atoms with Crippen molar-refractivity contribution in [2.24, 2.45) is 0 Å². The van der Waals surface area contributed by atoms with Crippen molar-refractivity contribution in [1.29, 1.82) is 0 Å². The van der Waals surface area contributed by atoms with Crippen molar-refractivity contribution >= 4 is 5.69 Å². The molecule has 0 amide bonds. The number of benzene rings is 1. The van der Waals surface area contributed by atoms with Crippen LogP contribution in [-0.2, 0) is 0 Å². The maximum absolute atomic E-state index is 14.2. The molecule has 2 aliphatic heterocycles. The van der Waals surface area contributed by atoms with Gasteiger partial charge in [-0.2, -0.15) is 0 Å². The molecule has 21 heavy (non-hydrogen) atoms. The van der Waals surface area contributed by atoms with Gasteiger partial charge in [0.25, 0.3) is 0 Å². The zero-order valence-electron chi connectivity index (χ0n) is 12.6.